The highest BCUT2D eigenvalue weighted by molar-refractivity contribution is 5.34. The Balaban J connectivity index is 3.04. The molecular formula is C9H17N3O2. The van der Waals surface area contributed by atoms with Crippen molar-refractivity contribution >= 4 is 0 Å². The van der Waals surface area contributed by atoms with Crippen LogP contribution in [-0.4, -0.2) is 23.5 Å². The molecule has 0 aliphatic carbocycles. The van der Waals surface area contributed by atoms with E-state index in [1.807, 2.05) is 20.9 Å². The van der Waals surface area contributed by atoms with E-state index in [0.717, 1.165) is 17.1 Å². The maximum atomic E-state index is 5.27. The highest BCUT2D eigenvalue weighted by atomic mass is 16.6. The van der Waals surface area contributed by atoms with Gasteiger partial charge in [-0.2, -0.15) is 5.10 Å². The highest BCUT2D eigenvalue weighted by Gasteiger charge is 2.19. The predicted molar refractivity (Wildman–Crippen MR) is 53.1 cm³/mol. The van der Waals surface area contributed by atoms with E-state index < -0.39 is 0 Å². The summed E-state index contributed by atoms with van der Waals surface area (Å²) in [6.45, 7) is 4.44. The minimum absolute atomic E-state index is 0.184. The van der Waals surface area contributed by atoms with Crippen LogP contribution in [0.15, 0.2) is 0 Å². The molecule has 1 heterocycles. The molecule has 0 saturated heterocycles. The topological polar surface area (TPSA) is 62.3 Å². The summed E-state index contributed by atoms with van der Waals surface area (Å²) in [5, 5.41) is 4.28. The zero-order valence-electron chi connectivity index (χ0n) is 9.07. The van der Waals surface area contributed by atoms with Gasteiger partial charge in [-0.25, -0.2) is 10.6 Å². The predicted octanol–water partition coefficient (Wildman–Crippen LogP) is 0.731. The van der Waals surface area contributed by atoms with E-state index in [9.17, 15) is 0 Å². The molecule has 0 fully saturated rings. The van der Waals surface area contributed by atoms with Gasteiger partial charge in [0.15, 0.2) is 0 Å². The fourth-order valence-electron chi connectivity index (χ4n) is 1.69. The maximum absolute atomic E-state index is 5.27. The van der Waals surface area contributed by atoms with Crippen LogP contribution in [-0.2, 0) is 11.9 Å². The van der Waals surface area contributed by atoms with Crippen LogP contribution < -0.4 is 10.6 Å². The molecule has 2 N–H and O–H groups in total. The van der Waals surface area contributed by atoms with Gasteiger partial charge >= 0.3 is 0 Å². The number of hydrogen-bond donors (Lipinski definition) is 1. The summed E-state index contributed by atoms with van der Waals surface area (Å²) >= 11 is 0. The summed E-state index contributed by atoms with van der Waals surface area (Å²) in [7, 11) is 3.49. The van der Waals surface area contributed by atoms with Crippen molar-refractivity contribution in [1.29, 1.82) is 0 Å². The van der Waals surface area contributed by atoms with Crippen LogP contribution >= 0.6 is 0 Å². The Bertz CT molecular complexity index is 309. The number of rotatable bonds is 4. The summed E-state index contributed by atoms with van der Waals surface area (Å²) in [6, 6.07) is 0. The third-order valence-corrected chi connectivity index (χ3v) is 2.25. The summed E-state index contributed by atoms with van der Waals surface area (Å²) in [6.07, 6.45) is 0. The third kappa shape index (κ3) is 1.88. The van der Waals surface area contributed by atoms with Crippen molar-refractivity contribution in [2.75, 3.05) is 13.7 Å². The molecule has 5 heteroatoms. The summed E-state index contributed by atoms with van der Waals surface area (Å²) in [5.74, 6) is 6.00. The first-order chi connectivity index (χ1) is 6.61. The van der Waals surface area contributed by atoms with E-state index in [1.54, 1.807) is 11.8 Å². The van der Waals surface area contributed by atoms with E-state index in [-0.39, 0.29) is 5.92 Å². The lowest BCUT2D eigenvalue weighted by Crippen LogP contribution is -2.10. The van der Waals surface area contributed by atoms with Crippen molar-refractivity contribution in [3.05, 3.63) is 11.3 Å². The molecule has 0 radical (unpaired) electrons. The minimum Gasteiger partial charge on any atom is -0.481 e. The van der Waals surface area contributed by atoms with Gasteiger partial charge in [-0.15, -0.1) is 0 Å². The number of nitrogens with two attached hydrogens (primary N) is 1. The Morgan fingerprint density at radius 2 is 2.21 bits per heavy atom. The van der Waals surface area contributed by atoms with Crippen molar-refractivity contribution in [2.45, 2.75) is 19.8 Å². The third-order valence-electron chi connectivity index (χ3n) is 2.25. The molecule has 0 aliphatic rings. The number of nitrogens with zero attached hydrogens (tertiary/aromatic N) is 2. The number of methoxy groups -OCH3 is 1. The van der Waals surface area contributed by atoms with Gasteiger partial charge < -0.3 is 9.57 Å². The lowest BCUT2D eigenvalue weighted by Gasteiger charge is -2.11. The molecular weight excluding hydrogens is 182 g/mol. The zero-order valence-corrected chi connectivity index (χ0v) is 9.07. The number of aryl methyl sites for hydroxylation is 2. The van der Waals surface area contributed by atoms with E-state index >= 15 is 0 Å². The lowest BCUT2D eigenvalue weighted by molar-refractivity contribution is 0.126. The van der Waals surface area contributed by atoms with Crippen molar-refractivity contribution < 1.29 is 9.57 Å². The number of ether oxygens (including phenoxy) is 1. The Hall–Kier alpha value is -1.07. The Morgan fingerprint density at radius 1 is 1.57 bits per heavy atom. The van der Waals surface area contributed by atoms with Gasteiger partial charge in [0.1, 0.15) is 0 Å². The molecule has 1 unspecified atom stereocenters. The molecule has 0 aromatic carbocycles. The SMILES string of the molecule is COc1c(C(C)CON)c(C)nn1C. The second-order valence-electron chi connectivity index (χ2n) is 3.37. The highest BCUT2D eigenvalue weighted by Crippen LogP contribution is 2.28. The summed E-state index contributed by atoms with van der Waals surface area (Å²) < 4.78 is 6.99. The van der Waals surface area contributed by atoms with Gasteiger partial charge in [0.05, 0.1) is 19.4 Å². The van der Waals surface area contributed by atoms with E-state index in [2.05, 4.69) is 9.94 Å². The first-order valence-corrected chi connectivity index (χ1v) is 4.51. The van der Waals surface area contributed by atoms with Crippen LogP contribution in [0.2, 0.25) is 0 Å². The lowest BCUT2D eigenvalue weighted by atomic mass is 10.0. The smallest absolute Gasteiger partial charge is 0.215 e. The fraction of sp³-hybridized carbons (Fsp3) is 0.667. The monoisotopic (exact) mass is 199 g/mol. The second kappa shape index (κ2) is 4.43. The molecule has 0 saturated carbocycles. The van der Waals surface area contributed by atoms with Gasteiger partial charge in [-0.05, 0) is 6.92 Å². The van der Waals surface area contributed by atoms with Gasteiger partial charge in [-0.1, -0.05) is 6.92 Å². The quantitative estimate of drug-likeness (QED) is 0.726. The van der Waals surface area contributed by atoms with Crippen LogP contribution in [0.4, 0.5) is 0 Å². The van der Waals surface area contributed by atoms with Crippen molar-refractivity contribution in [1.82, 2.24) is 9.78 Å². The first kappa shape index (κ1) is 11.0. The zero-order chi connectivity index (χ0) is 10.7. The molecule has 14 heavy (non-hydrogen) atoms. The molecule has 0 amide bonds. The van der Waals surface area contributed by atoms with E-state index in [1.165, 1.54) is 0 Å². The first-order valence-electron chi connectivity index (χ1n) is 4.51. The number of aromatic nitrogens is 2. The molecule has 0 bridgehead atoms. The van der Waals surface area contributed by atoms with Gasteiger partial charge in [-0.3, -0.25) is 0 Å². The van der Waals surface area contributed by atoms with Gasteiger partial charge in [0.2, 0.25) is 5.88 Å². The van der Waals surface area contributed by atoms with E-state index in [0.29, 0.717) is 6.61 Å². The van der Waals surface area contributed by atoms with Crippen LogP contribution in [0.1, 0.15) is 24.1 Å². The molecule has 0 aliphatic heterocycles. The molecule has 1 aromatic rings. The Kier molecular flexibility index (Phi) is 3.49. The standard InChI is InChI=1S/C9H17N3O2/c1-6(5-14-10)8-7(2)11-12(3)9(8)13-4/h6H,5,10H2,1-4H3. The number of hydrogen-bond acceptors (Lipinski definition) is 4. The molecule has 1 aromatic heterocycles. The van der Waals surface area contributed by atoms with Crippen LogP contribution in [0.5, 0.6) is 5.88 Å². The van der Waals surface area contributed by atoms with Crippen molar-refractivity contribution in [2.24, 2.45) is 12.9 Å². The van der Waals surface area contributed by atoms with Crippen LogP contribution in [0.3, 0.4) is 0 Å². The molecule has 80 valence electrons. The maximum Gasteiger partial charge on any atom is 0.215 e. The van der Waals surface area contributed by atoms with Crippen LogP contribution in [0.25, 0.3) is 0 Å². The molecule has 1 rings (SSSR count). The van der Waals surface area contributed by atoms with Gasteiger partial charge in [0, 0.05) is 18.5 Å². The average molecular weight is 199 g/mol. The average Bonchev–Trinajstić information content (AvgIpc) is 2.40. The van der Waals surface area contributed by atoms with Gasteiger partial charge in [0.25, 0.3) is 0 Å². The minimum atomic E-state index is 0.184. The fourth-order valence-corrected chi connectivity index (χ4v) is 1.69. The van der Waals surface area contributed by atoms with E-state index in [4.69, 9.17) is 10.6 Å². The normalized spacial score (nSPS) is 12.9. The second-order valence-corrected chi connectivity index (χ2v) is 3.37. The molecule has 5 nitrogen and oxygen atoms in total. The largest absolute Gasteiger partial charge is 0.481 e. The van der Waals surface area contributed by atoms with Crippen LogP contribution in [0, 0.1) is 6.92 Å². The molecule has 0 spiro atoms. The van der Waals surface area contributed by atoms with Crippen molar-refractivity contribution in [3.63, 3.8) is 0 Å². The summed E-state index contributed by atoms with van der Waals surface area (Å²) in [4.78, 5) is 4.63. The Morgan fingerprint density at radius 3 is 2.71 bits per heavy atom. The van der Waals surface area contributed by atoms with Crippen molar-refractivity contribution in [3.8, 4) is 5.88 Å². The summed E-state index contributed by atoms with van der Waals surface area (Å²) in [5.41, 5.74) is 2.01. The molecule has 1 atom stereocenters. The Labute approximate surface area is 83.7 Å².